The third-order valence-electron chi connectivity index (χ3n) is 3.06. The minimum atomic E-state index is -0.212. The Kier molecular flexibility index (Phi) is 3.33. The van der Waals surface area contributed by atoms with Crippen molar-refractivity contribution in [1.82, 2.24) is 15.0 Å². The summed E-state index contributed by atoms with van der Waals surface area (Å²) in [6, 6.07) is 0.234. The summed E-state index contributed by atoms with van der Waals surface area (Å²) >= 11 is 0. The zero-order chi connectivity index (χ0) is 10.7. The first-order valence-electron chi connectivity index (χ1n) is 5.41. The quantitative estimate of drug-likeness (QED) is 0.801. The van der Waals surface area contributed by atoms with Crippen LogP contribution in [-0.4, -0.2) is 39.3 Å². The van der Waals surface area contributed by atoms with Gasteiger partial charge >= 0.3 is 0 Å². The van der Waals surface area contributed by atoms with E-state index in [1.165, 1.54) is 12.8 Å². The predicted octanol–water partition coefficient (Wildman–Crippen LogP) is 0.805. The molecule has 1 aromatic rings. The molecule has 0 aliphatic heterocycles. The highest BCUT2D eigenvalue weighted by Crippen LogP contribution is 2.22. The van der Waals surface area contributed by atoms with E-state index in [-0.39, 0.29) is 12.1 Å². The van der Waals surface area contributed by atoms with Crippen LogP contribution in [0.4, 0.5) is 0 Å². The van der Waals surface area contributed by atoms with Crippen LogP contribution in [0, 0.1) is 0 Å². The lowest BCUT2D eigenvalue weighted by atomic mass is 9.91. The van der Waals surface area contributed by atoms with Crippen molar-refractivity contribution >= 4 is 0 Å². The highest BCUT2D eigenvalue weighted by molar-refractivity contribution is 4.85. The molecule has 1 heterocycles. The van der Waals surface area contributed by atoms with E-state index in [0.29, 0.717) is 12.4 Å². The van der Waals surface area contributed by atoms with Crippen LogP contribution in [0.3, 0.4) is 0 Å². The summed E-state index contributed by atoms with van der Waals surface area (Å²) in [6.07, 6.45) is 5.40. The molecule has 5 heteroatoms. The number of aliphatic hydroxyl groups excluding tert-OH is 1. The van der Waals surface area contributed by atoms with Crippen LogP contribution < -0.4 is 0 Å². The molecule has 0 saturated heterocycles. The second-order valence-electron chi connectivity index (χ2n) is 4.18. The van der Waals surface area contributed by atoms with Crippen molar-refractivity contribution in [1.29, 1.82) is 0 Å². The topological polar surface area (TPSA) is 62.4 Å². The summed E-state index contributed by atoms with van der Waals surface area (Å²) < 4.78 is 4.68. The minimum Gasteiger partial charge on any atom is -0.391 e. The summed E-state index contributed by atoms with van der Waals surface area (Å²) in [4.78, 5) is 6.08. The second-order valence-corrected chi connectivity index (χ2v) is 4.18. The van der Waals surface area contributed by atoms with Crippen LogP contribution in [0.15, 0.2) is 10.9 Å². The van der Waals surface area contributed by atoms with Crippen molar-refractivity contribution in [3.8, 4) is 0 Å². The lowest BCUT2D eigenvalue weighted by Gasteiger charge is -2.34. The van der Waals surface area contributed by atoms with Gasteiger partial charge in [0.25, 0.3) is 0 Å². The average Bonchev–Trinajstić information content (AvgIpc) is 2.71. The van der Waals surface area contributed by atoms with E-state index < -0.39 is 0 Å². The van der Waals surface area contributed by atoms with Crippen molar-refractivity contribution in [2.45, 2.75) is 44.4 Å². The van der Waals surface area contributed by atoms with Crippen molar-refractivity contribution < 1.29 is 9.63 Å². The van der Waals surface area contributed by atoms with Gasteiger partial charge in [0.1, 0.15) is 0 Å². The van der Waals surface area contributed by atoms with Crippen molar-refractivity contribution in [2.75, 3.05) is 7.05 Å². The lowest BCUT2D eigenvalue weighted by Crippen LogP contribution is -2.43. The molecule has 0 radical (unpaired) electrons. The maximum Gasteiger partial charge on any atom is 0.213 e. The van der Waals surface area contributed by atoms with Gasteiger partial charge in [0.05, 0.1) is 12.6 Å². The van der Waals surface area contributed by atoms with E-state index in [9.17, 15) is 5.11 Å². The third kappa shape index (κ3) is 2.54. The van der Waals surface area contributed by atoms with E-state index in [0.717, 1.165) is 19.3 Å². The molecule has 0 spiro atoms. The Labute approximate surface area is 89.1 Å². The van der Waals surface area contributed by atoms with Gasteiger partial charge in [-0.25, -0.2) is 0 Å². The first-order valence-corrected chi connectivity index (χ1v) is 5.41. The molecule has 0 aromatic carbocycles. The molecule has 2 rings (SSSR count). The molecule has 15 heavy (non-hydrogen) atoms. The lowest BCUT2D eigenvalue weighted by molar-refractivity contribution is 0.0275. The first kappa shape index (κ1) is 10.6. The Morgan fingerprint density at radius 2 is 2.33 bits per heavy atom. The van der Waals surface area contributed by atoms with Gasteiger partial charge in [-0.2, -0.15) is 4.98 Å². The van der Waals surface area contributed by atoms with Crippen molar-refractivity contribution in [3.63, 3.8) is 0 Å². The fraction of sp³-hybridized carbons (Fsp3) is 0.800. The minimum absolute atomic E-state index is 0.212. The van der Waals surface area contributed by atoms with Crippen LogP contribution >= 0.6 is 0 Å². The molecule has 2 atom stereocenters. The van der Waals surface area contributed by atoms with Crippen molar-refractivity contribution in [2.24, 2.45) is 0 Å². The van der Waals surface area contributed by atoms with E-state index in [1.807, 2.05) is 7.05 Å². The Hall–Kier alpha value is -0.940. The van der Waals surface area contributed by atoms with Crippen LogP contribution in [0.25, 0.3) is 0 Å². The summed E-state index contributed by atoms with van der Waals surface area (Å²) in [7, 11) is 2.00. The summed E-state index contributed by atoms with van der Waals surface area (Å²) in [5, 5.41) is 13.6. The fourth-order valence-electron chi connectivity index (χ4n) is 2.21. The fourth-order valence-corrected chi connectivity index (χ4v) is 2.21. The normalized spacial score (nSPS) is 27.1. The first-order chi connectivity index (χ1) is 7.27. The molecule has 1 fully saturated rings. The molecule has 5 nitrogen and oxygen atoms in total. The molecular weight excluding hydrogens is 194 g/mol. The van der Waals surface area contributed by atoms with Crippen molar-refractivity contribution in [3.05, 3.63) is 12.2 Å². The maximum atomic E-state index is 9.86. The molecule has 84 valence electrons. The number of likely N-dealkylation sites (N-methyl/N-ethyl adjacent to an activating group) is 1. The molecule has 1 saturated carbocycles. The largest absolute Gasteiger partial charge is 0.391 e. The van der Waals surface area contributed by atoms with Gasteiger partial charge < -0.3 is 9.63 Å². The molecule has 1 N–H and O–H groups in total. The van der Waals surface area contributed by atoms with Crippen LogP contribution in [0.2, 0.25) is 0 Å². The number of nitrogens with zero attached hydrogens (tertiary/aromatic N) is 3. The van der Waals surface area contributed by atoms with Gasteiger partial charge in [0.15, 0.2) is 5.82 Å². The van der Waals surface area contributed by atoms with Gasteiger partial charge in [-0.3, -0.25) is 4.90 Å². The van der Waals surface area contributed by atoms with E-state index in [1.54, 1.807) is 0 Å². The summed E-state index contributed by atoms with van der Waals surface area (Å²) in [5.74, 6) is 0.676. The van der Waals surface area contributed by atoms with Crippen LogP contribution in [0.1, 0.15) is 31.5 Å². The van der Waals surface area contributed by atoms with Gasteiger partial charge in [0.2, 0.25) is 6.39 Å². The molecule has 0 amide bonds. The highest BCUT2D eigenvalue weighted by Gasteiger charge is 2.26. The number of rotatable bonds is 3. The van der Waals surface area contributed by atoms with Gasteiger partial charge in [-0.1, -0.05) is 18.0 Å². The monoisotopic (exact) mass is 211 g/mol. The molecule has 2 unspecified atom stereocenters. The van der Waals surface area contributed by atoms with Gasteiger partial charge in [-0.05, 0) is 19.9 Å². The van der Waals surface area contributed by atoms with E-state index >= 15 is 0 Å². The number of hydrogen-bond acceptors (Lipinski definition) is 5. The summed E-state index contributed by atoms with van der Waals surface area (Å²) in [6.45, 7) is 0.637. The summed E-state index contributed by atoms with van der Waals surface area (Å²) in [5.41, 5.74) is 0. The maximum absolute atomic E-state index is 9.86. The number of hydrogen-bond donors (Lipinski definition) is 1. The Balaban J connectivity index is 1.91. The number of aliphatic hydroxyl groups is 1. The predicted molar refractivity (Wildman–Crippen MR) is 54.0 cm³/mol. The van der Waals surface area contributed by atoms with Crippen LogP contribution in [-0.2, 0) is 6.54 Å². The second kappa shape index (κ2) is 4.72. The highest BCUT2D eigenvalue weighted by atomic mass is 16.5. The van der Waals surface area contributed by atoms with Crippen LogP contribution in [0.5, 0.6) is 0 Å². The van der Waals surface area contributed by atoms with E-state index in [2.05, 4.69) is 19.6 Å². The van der Waals surface area contributed by atoms with Gasteiger partial charge in [0, 0.05) is 6.04 Å². The third-order valence-corrected chi connectivity index (χ3v) is 3.06. The molecular formula is C10H17N3O2. The molecule has 1 aromatic heterocycles. The molecule has 1 aliphatic carbocycles. The van der Waals surface area contributed by atoms with Gasteiger partial charge in [-0.15, -0.1) is 0 Å². The Bertz CT molecular complexity index is 289. The molecule has 0 bridgehead atoms. The zero-order valence-electron chi connectivity index (χ0n) is 8.96. The standard InChI is InChI=1S/C10H17N3O2/c1-13(6-10-11-7-15-12-10)8-4-2-3-5-9(8)14/h7-9,14H,2-6H2,1H3. The van der Waals surface area contributed by atoms with E-state index in [4.69, 9.17) is 0 Å². The average molecular weight is 211 g/mol. The number of aromatic nitrogens is 2. The Morgan fingerprint density at radius 3 is 3.00 bits per heavy atom. The zero-order valence-corrected chi connectivity index (χ0v) is 8.96. The smallest absolute Gasteiger partial charge is 0.213 e. The Morgan fingerprint density at radius 1 is 1.53 bits per heavy atom. The SMILES string of the molecule is CN(Cc1ncon1)C1CCCCC1O. The molecule has 1 aliphatic rings.